The fourth-order valence-electron chi connectivity index (χ4n) is 2.88. The number of rotatable bonds is 5. The minimum absolute atomic E-state index is 0.171. The van der Waals surface area contributed by atoms with Crippen LogP contribution in [0.2, 0.25) is 0 Å². The number of benzene rings is 1. The molecule has 0 saturated heterocycles. The zero-order valence-corrected chi connectivity index (χ0v) is 11.5. The Kier molecular flexibility index (Phi) is 4.77. The highest BCUT2D eigenvalue weighted by molar-refractivity contribution is 5.61. The summed E-state index contributed by atoms with van der Waals surface area (Å²) >= 11 is 0. The van der Waals surface area contributed by atoms with E-state index in [1.54, 1.807) is 18.2 Å². The second-order valence-electron chi connectivity index (χ2n) is 5.45. The highest BCUT2D eigenvalue weighted by Gasteiger charge is 2.20. The van der Waals surface area contributed by atoms with E-state index in [9.17, 15) is 10.1 Å². The molecule has 0 unspecified atom stereocenters. The Balaban J connectivity index is 1.88. The maximum absolute atomic E-state index is 10.9. The number of nitro benzene ring substituents is 1. The van der Waals surface area contributed by atoms with E-state index in [4.69, 9.17) is 0 Å². The minimum Gasteiger partial charge on any atom is -0.379 e. The Morgan fingerprint density at radius 3 is 2.47 bits per heavy atom. The van der Waals surface area contributed by atoms with Crippen molar-refractivity contribution in [1.29, 1.82) is 0 Å². The first-order chi connectivity index (χ1) is 9.20. The van der Waals surface area contributed by atoms with E-state index < -0.39 is 0 Å². The van der Waals surface area contributed by atoms with Gasteiger partial charge in [-0.05, 0) is 30.7 Å². The third-order valence-electron chi connectivity index (χ3n) is 4.23. The second kappa shape index (κ2) is 6.55. The number of hydrogen-bond acceptors (Lipinski definition) is 3. The van der Waals surface area contributed by atoms with Gasteiger partial charge in [0.15, 0.2) is 0 Å². The monoisotopic (exact) mass is 262 g/mol. The van der Waals surface area contributed by atoms with Gasteiger partial charge in [-0.15, -0.1) is 0 Å². The van der Waals surface area contributed by atoms with Crippen LogP contribution in [0.25, 0.3) is 0 Å². The van der Waals surface area contributed by atoms with Gasteiger partial charge in [-0.2, -0.15) is 0 Å². The second-order valence-corrected chi connectivity index (χ2v) is 5.45. The molecule has 1 N–H and O–H groups in total. The maximum atomic E-state index is 10.9. The van der Waals surface area contributed by atoms with Crippen LogP contribution in [0.15, 0.2) is 24.3 Å². The topological polar surface area (TPSA) is 55.2 Å². The average molecular weight is 262 g/mol. The van der Waals surface area contributed by atoms with Crippen molar-refractivity contribution in [3.8, 4) is 0 Å². The van der Waals surface area contributed by atoms with Gasteiger partial charge in [-0.3, -0.25) is 10.1 Å². The quantitative estimate of drug-likeness (QED) is 0.638. The molecular formula is C15H22N2O2. The summed E-state index contributed by atoms with van der Waals surface area (Å²) in [4.78, 5) is 10.6. The molecule has 4 heteroatoms. The molecule has 0 amide bonds. The van der Waals surface area contributed by atoms with E-state index in [-0.39, 0.29) is 10.6 Å². The predicted molar refractivity (Wildman–Crippen MR) is 77.3 cm³/mol. The van der Waals surface area contributed by atoms with Crippen molar-refractivity contribution >= 4 is 11.4 Å². The van der Waals surface area contributed by atoms with Crippen molar-refractivity contribution in [2.24, 2.45) is 11.8 Å². The summed E-state index contributed by atoms with van der Waals surface area (Å²) in [7, 11) is 0. The molecule has 4 nitrogen and oxygen atoms in total. The van der Waals surface area contributed by atoms with E-state index in [1.165, 1.54) is 32.1 Å². The molecule has 1 aliphatic carbocycles. The Hall–Kier alpha value is -1.58. The fourth-order valence-corrected chi connectivity index (χ4v) is 2.88. The Morgan fingerprint density at radius 1 is 1.21 bits per heavy atom. The third kappa shape index (κ3) is 3.69. The summed E-state index contributed by atoms with van der Waals surface area (Å²) in [6.45, 7) is 3.11. The molecule has 2 rings (SSSR count). The highest BCUT2D eigenvalue weighted by Crippen LogP contribution is 2.31. The summed E-state index contributed by atoms with van der Waals surface area (Å²) in [5.41, 5.74) is 0.815. The van der Waals surface area contributed by atoms with Crippen LogP contribution in [-0.4, -0.2) is 11.5 Å². The molecular weight excluding hydrogens is 240 g/mol. The molecule has 19 heavy (non-hydrogen) atoms. The van der Waals surface area contributed by atoms with Gasteiger partial charge in [0.2, 0.25) is 0 Å². The van der Waals surface area contributed by atoms with Gasteiger partial charge >= 0.3 is 0 Å². The van der Waals surface area contributed by atoms with Crippen LogP contribution < -0.4 is 5.32 Å². The molecule has 1 aromatic carbocycles. The van der Waals surface area contributed by atoms with Gasteiger partial charge < -0.3 is 5.32 Å². The summed E-state index contributed by atoms with van der Waals surface area (Å²) in [5, 5.41) is 14.2. The summed E-state index contributed by atoms with van der Waals surface area (Å²) < 4.78 is 0. The first-order valence-electron chi connectivity index (χ1n) is 7.18. The molecule has 1 fully saturated rings. The molecule has 104 valence electrons. The number of nitrogens with zero attached hydrogens (tertiary/aromatic N) is 1. The lowest BCUT2D eigenvalue weighted by atomic mass is 9.81. The van der Waals surface area contributed by atoms with Crippen LogP contribution in [0.1, 0.15) is 39.0 Å². The van der Waals surface area contributed by atoms with Crippen molar-refractivity contribution in [3.05, 3.63) is 34.4 Å². The smallest absolute Gasteiger partial charge is 0.292 e. The van der Waals surface area contributed by atoms with Crippen molar-refractivity contribution in [2.75, 3.05) is 11.9 Å². The van der Waals surface area contributed by atoms with Crippen LogP contribution in [0.5, 0.6) is 0 Å². The SMILES string of the molecule is CCC1CCC(CNc2ccccc2[N+](=O)[O-])CC1. The first kappa shape index (κ1) is 13.8. The van der Waals surface area contributed by atoms with Gasteiger partial charge in [0.05, 0.1) is 4.92 Å². The number of para-hydroxylation sites is 2. The zero-order chi connectivity index (χ0) is 13.7. The maximum Gasteiger partial charge on any atom is 0.292 e. The molecule has 0 aliphatic heterocycles. The van der Waals surface area contributed by atoms with Crippen LogP contribution in [0, 0.1) is 22.0 Å². The van der Waals surface area contributed by atoms with Gasteiger partial charge in [0.1, 0.15) is 5.69 Å². The normalized spacial score (nSPS) is 23.0. The van der Waals surface area contributed by atoms with Crippen molar-refractivity contribution in [3.63, 3.8) is 0 Å². The molecule has 0 atom stereocenters. The molecule has 1 aliphatic rings. The standard InChI is InChI=1S/C15H22N2O2/c1-2-12-7-9-13(10-8-12)11-16-14-5-3-4-6-15(14)17(18)19/h3-6,12-13,16H,2,7-11H2,1H3. The number of anilines is 1. The average Bonchev–Trinajstić information content (AvgIpc) is 2.46. The van der Waals surface area contributed by atoms with E-state index in [2.05, 4.69) is 12.2 Å². The molecule has 1 aromatic rings. The molecule has 0 bridgehead atoms. The Labute approximate surface area is 114 Å². The minimum atomic E-state index is -0.323. The molecule has 1 saturated carbocycles. The zero-order valence-electron chi connectivity index (χ0n) is 11.5. The van der Waals surface area contributed by atoms with Crippen LogP contribution in [0.4, 0.5) is 11.4 Å². The third-order valence-corrected chi connectivity index (χ3v) is 4.23. The van der Waals surface area contributed by atoms with Crippen molar-refractivity contribution < 1.29 is 4.92 Å². The Morgan fingerprint density at radius 2 is 1.84 bits per heavy atom. The van der Waals surface area contributed by atoms with Gasteiger partial charge in [0.25, 0.3) is 5.69 Å². The summed E-state index contributed by atoms with van der Waals surface area (Å²) in [6, 6.07) is 6.88. The molecule has 0 spiro atoms. The highest BCUT2D eigenvalue weighted by atomic mass is 16.6. The van der Waals surface area contributed by atoms with Crippen molar-refractivity contribution in [2.45, 2.75) is 39.0 Å². The lowest BCUT2D eigenvalue weighted by molar-refractivity contribution is -0.384. The Bertz CT molecular complexity index is 426. The molecule has 0 heterocycles. The molecule has 0 aromatic heterocycles. The van der Waals surface area contributed by atoms with E-state index in [0.717, 1.165) is 12.5 Å². The van der Waals surface area contributed by atoms with Crippen molar-refractivity contribution in [1.82, 2.24) is 0 Å². The summed E-state index contributed by atoms with van der Waals surface area (Å²) in [5.74, 6) is 1.55. The number of hydrogen-bond donors (Lipinski definition) is 1. The van der Waals surface area contributed by atoms with Crippen LogP contribution in [-0.2, 0) is 0 Å². The van der Waals surface area contributed by atoms with E-state index >= 15 is 0 Å². The summed E-state index contributed by atoms with van der Waals surface area (Å²) in [6.07, 6.45) is 6.38. The van der Waals surface area contributed by atoms with Gasteiger partial charge in [-0.1, -0.05) is 38.3 Å². The lowest BCUT2D eigenvalue weighted by Gasteiger charge is -2.28. The largest absolute Gasteiger partial charge is 0.379 e. The van der Waals surface area contributed by atoms with Gasteiger partial charge in [-0.25, -0.2) is 0 Å². The molecule has 0 radical (unpaired) electrons. The van der Waals surface area contributed by atoms with E-state index in [0.29, 0.717) is 11.6 Å². The van der Waals surface area contributed by atoms with Crippen LogP contribution >= 0.6 is 0 Å². The van der Waals surface area contributed by atoms with Crippen LogP contribution in [0.3, 0.4) is 0 Å². The lowest BCUT2D eigenvalue weighted by Crippen LogP contribution is -2.21. The van der Waals surface area contributed by atoms with E-state index in [1.807, 2.05) is 6.07 Å². The first-order valence-corrected chi connectivity index (χ1v) is 7.18. The predicted octanol–water partition coefficient (Wildman–Crippen LogP) is 4.22. The fraction of sp³-hybridized carbons (Fsp3) is 0.600. The number of nitrogens with one attached hydrogen (secondary N) is 1. The number of nitro groups is 1. The van der Waals surface area contributed by atoms with Gasteiger partial charge in [0, 0.05) is 12.6 Å².